The van der Waals surface area contributed by atoms with Gasteiger partial charge in [0, 0.05) is 12.1 Å². The third kappa shape index (κ3) is 2.83. The Morgan fingerprint density at radius 1 is 1.47 bits per heavy atom. The summed E-state index contributed by atoms with van der Waals surface area (Å²) in [6.45, 7) is 4.19. The van der Waals surface area contributed by atoms with Gasteiger partial charge < -0.3 is 9.73 Å². The maximum atomic E-state index is 10.9. The predicted molar refractivity (Wildman–Crippen MR) is 73.3 cm³/mol. The summed E-state index contributed by atoms with van der Waals surface area (Å²) in [6, 6.07) is 5.33. The van der Waals surface area contributed by atoms with Crippen molar-refractivity contribution in [1.29, 1.82) is 0 Å². The number of para-hydroxylation sites is 1. The molecule has 1 unspecified atom stereocenters. The average Bonchev–Trinajstić information content (AvgIpc) is 2.79. The Labute approximate surface area is 111 Å². The zero-order valence-electron chi connectivity index (χ0n) is 11.0. The maximum Gasteiger partial charge on any atom is 0.298 e. The molecule has 19 heavy (non-hydrogen) atoms. The number of nitrogens with one attached hydrogen (secondary N) is 1. The van der Waals surface area contributed by atoms with Crippen molar-refractivity contribution in [3.63, 3.8) is 0 Å². The van der Waals surface area contributed by atoms with Gasteiger partial charge in [-0.25, -0.2) is 0 Å². The van der Waals surface area contributed by atoms with Crippen LogP contribution < -0.4 is 5.32 Å². The number of nitro benzene ring substituents is 1. The molecule has 6 nitrogen and oxygen atoms in total. The number of hydrogen-bond acceptors (Lipinski definition) is 5. The molecule has 1 heterocycles. The van der Waals surface area contributed by atoms with Crippen molar-refractivity contribution >= 4 is 22.8 Å². The number of non-ortho nitro benzene ring substituents is 1. The quantitative estimate of drug-likeness (QED) is 0.634. The van der Waals surface area contributed by atoms with Crippen molar-refractivity contribution in [2.24, 2.45) is 0 Å². The third-order valence-electron chi connectivity index (χ3n) is 3.05. The van der Waals surface area contributed by atoms with Crippen LogP contribution in [0.5, 0.6) is 0 Å². The van der Waals surface area contributed by atoms with E-state index in [-0.39, 0.29) is 11.7 Å². The van der Waals surface area contributed by atoms with Gasteiger partial charge in [0.1, 0.15) is 0 Å². The lowest BCUT2D eigenvalue weighted by molar-refractivity contribution is -0.383. The Bertz CT molecular complexity index is 580. The Balaban J connectivity index is 2.31. The molecule has 0 bridgehead atoms. The lowest BCUT2D eigenvalue weighted by Gasteiger charge is -2.13. The lowest BCUT2D eigenvalue weighted by Crippen LogP contribution is -2.17. The molecule has 1 aromatic heterocycles. The first kappa shape index (κ1) is 13.3. The first-order valence-corrected chi connectivity index (χ1v) is 6.46. The van der Waals surface area contributed by atoms with Crippen LogP contribution in [-0.4, -0.2) is 15.9 Å². The second-order valence-corrected chi connectivity index (χ2v) is 4.44. The van der Waals surface area contributed by atoms with Crippen molar-refractivity contribution in [3.05, 3.63) is 28.3 Å². The summed E-state index contributed by atoms with van der Waals surface area (Å²) in [6.07, 6.45) is 3.03. The zero-order chi connectivity index (χ0) is 13.8. The van der Waals surface area contributed by atoms with E-state index >= 15 is 0 Å². The van der Waals surface area contributed by atoms with Crippen molar-refractivity contribution in [2.45, 2.75) is 39.2 Å². The van der Waals surface area contributed by atoms with E-state index in [4.69, 9.17) is 4.42 Å². The highest BCUT2D eigenvalue weighted by atomic mass is 16.6. The molecule has 0 amide bonds. The fourth-order valence-corrected chi connectivity index (χ4v) is 2.04. The first-order valence-electron chi connectivity index (χ1n) is 6.46. The number of hydrogen-bond donors (Lipinski definition) is 1. The molecule has 0 spiro atoms. The van der Waals surface area contributed by atoms with E-state index in [0.717, 1.165) is 19.3 Å². The number of rotatable bonds is 6. The maximum absolute atomic E-state index is 10.9. The highest BCUT2D eigenvalue weighted by Crippen LogP contribution is 2.27. The molecule has 0 aliphatic rings. The van der Waals surface area contributed by atoms with E-state index < -0.39 is 4.92 Å². The molecule has 0 saturated heterocycles. The van der Waals surface area contributed by atoms with E-state index in [1.165, 1.54) is 6.07 Å². The summed E-state index contributed by atoms with van der Waals surface area (Å²) >= 11 is 0. The second kappa shape index (κ2) is 5.69. The van der Waals surface area contributed by atoms with Crippen molar-refractivity contribution in [2.75, 3.05) is 5.32 Å². The molecule has 2 aromatic rings. The fourth-order valence-electron chi connectivity index (χ4n) is 2.04. The van der Waals surface area contributed by atoms with Gasteiger partial charge in [0.05, 0.1) is 4.92 Å². The van der Waals surface area contributed by atoms with E-state index in [1.54, 1.807) is 12.1 Å². The van der Waals surface area contributed by atoms with Gasteiger partial charge in [-0.2, -0.15) is 4.98 Å². The van der Waals surface area contributed by atoms with Crippen LogP contribution in [0.2, 0.25) is 0 Å². The predicted octanol–water partition coefficient (Wildman–Crippen LogP) is 3.73. The van der Waals surface area contributed by atoms with Gasteiger partial charge in [0.2, 0.25) is 0 Å². The molecule has 2 rings (SSSR count). The van der Waals surface area contributed by atoms with Crippen molar-refractivity contribution in [3.8, 4) is 0 Å². The molecule has 1 atom stereocenters. The molecule has 102 valence electrons. The Morgan fingerprint density at radius 2 is 2.26 bits per heavy atom. The highest BCUT2D eigenvalue weighted by Gasteiger charge is 2.18. The topological polar surface area (TPSA) is 81.2 Å². The zero-order valence-corrected chi connectivity index (χ0v) is 11.0. The number of oxazole rings is 1. The van der Waals surface area contributed by atoms with Crippen LogP contribution in [-0.2, 0) is 0 Å². The monoisotopic (exact) mass is 263 g/mol. The minimum atomic E-state index is -0.446. The van der Waals surface area contributed by atoms with Gasteiger partial charge in [-0.1, -0.05) is 26.3 Å². The lowest BCUT2D eigenvalue weighted by atomic mass is 10.1. The molecule has 0 aliphatic carbocycles. The summed E-state index contributed by atoms with van der Waals surface area (Å²) < 4.78 is 5.51. The molecule has 0 aliphatic heterocycles. The van der Waals surface area contributed by atoms with E-state index in [0.29, 0.717) is 17.1 Å². The number of nitrogens with zero attached hydrogens (tertiary/aromatic N) is 2. The molecular weight excluding hydrogens is 246 g/mol. The van der Waals surface area contributed by atoms with Crippen molar-refractivity contribution in [1.82, 2.24) is 4.98 Å². The Kier molecular flexibility index (Phi) is 3.99. The minimum absolute atomic E-state index is 0.0298. The first-order chi connectivity index (χ1) is 9.15. The van der Waals surface area contributed by atoms with Crippen LogP contribution in [0.1, 0.15) is 33.1 Å². The number of anilines is 1. The smallest absolute Gasteiger partial charge is 0.298 e. The van der Waals surface area contributed by atoms with Gasteiger partial charge in [0.25, 0.3) is 11.7 Å². The molecule has 6 heteroatoms. The second-order valence-electron chi connectivity index (χ2n) is 4.44. The summed E-state index contributed by atoms with van der Waals surface area (Å²) in [7, 11) is 0. The molecular formula is C13H17N3O3. The largest absolute Gasteiger partial charge is 0.423 e. The van der Waals surface area contributed by atoms with Crippen LogP contribution in [0.15, 0.2) is 22.6 Å². The third-order valence-corrected chi connectivity index (χ3v) is 3.05. The van der Waals surface area contributed by atoms with Crippen LogP contribution in [0.3, 0.4) is 0 Å². The van der Waals surface area contributed by atoms with Gasteiger partial charge in [-0.3, -0.25) is 10.1 Å². The average molecular weight is 263 g/mol. The van der Waals surface area contributed by atoms with E-state index in [9.17, 15) is 10.1 Å². The molecule has 1 aromatic carbocycles. The summed E-state index contributed by atoms with van der Waals surface area (Å²) in [5.41, 5.74) is 0.697. The van der Waals surface area contributed by atoms with Gasteiger partial charge >= 0.3 is 0 Å². The molecule has 1 N–H and O–H groups in total. The van der Waals surface area contributed by atoms with Crippen molar-refractivity contribution < 1.29 is 9.34 Å². The van der Waals surface area contributed by atoms with Gasteiger partial charge in [-0.15, -0.1) is 0 Å². The van der Waals surface area contributed by atoms with Crippen LogP contribution in [0.4, 0.5) is 11.7 Å². The van der Waals surface area contributed by atoms with Crippen LogP contribution in [0, 0.1) is 10.1 Å². The van der Waals surface area contributed by atoms with E-state index in [2.05, 4.69) is 24.1 Å². The Hall–Kier alpha value is -2.11. The molecule has 0 fully saturated rings. The Morgan fingerprint density at radius 3 is 2.89 bits per heavy atom. The summed E-state index contributed by atoms with van der Waals surface area (Å²) in [5, 5.41) is 14.1. The normalized spacial score (nSPS) is 12.5. The summed E-state index contributed by atoms with van der Waals surface area (Å²) in [5.74, 6) is 0. The molecule has 0 radical (unpaired) electrons. The van der Waals surface area contributed by atoms with Gasteiger partial charge in [-0.05, 0) is 18.9 Å². The standard InChI is InChI=1S/C13H17N3O3/c1-3-6-9(4-2)14-13-15-12-10(16(17)18)7-5-8-11(12)19-13/h5,7-9H,3-4,6H2,1-2H3,(H,14,15). The minimum Gasteiger partial charge on any atom is -0.423 e. The van der Waals surface area contributed by atoms with E-state index in [1.807, 2.05) is 0 Å². The van der Waals surface area contributed by atoms with Crippen LogP contribution in [0.25, 0.3) is 11.1 Å². The van der Waals surface area contributed by atoms with Crippen LogP contribution >= 0.6 is 0 Å². The highest BCUT2D eigenvalue weighted by molar-refractivity contribution is 5.84. The summed E-state index contributed by atoms with van der Waals surface area (Å²) in [4.78, 5) is 14.6. The number of fused-ring (bicyclic) bond motifs is 1. The molecule has 0 saturated carbocycles. The number of benzene rings is 1. The SMILES string of the molecule is CCCC(CC)Nc1nc2c([N+](=O)[O-])cccc2o1. The number of aromatic nitrogens is 1. The fraction of sp³-hybridized carbons (Fsp3) is 0.462. The van der Waals surface area contributed by atoms with Gasteiger partial charge in [0.15, 0.2) is 11.1 Å². The number of nitro groups is 1.